The molecular formula is C19H10ClF3N3. The second kappa shape index (κ2) is 6.14. The van der Waals surface area contributed by atoms with E-state index in [0.717, 1.165) is 11.5 Å². The molecule has 0 saturated carbocycles. The Hall–Kier alpha value is -2.86. The normalized spacial score (nSPS) is 11.8. The number of hydrogen-bond donors (Lipinski definition) is 0. The van der Waals surface area contributed by atoms with E-state index in [1.165, 1.54) is 23.0 Å². The predicted molar refractivity (Wildman–Crippen MR) is 93.1 cm³/mol. The molecule has 0 aliphatic rings. The largest absolute Gasteiger partial charge is 0.417 e. The average Bonchev–Trinajstić information content (AvgIpc) is 3.10. The zero-order chi connectivity index (χ0) is 18.3. The molecule has 26 heavy (non-hydrogen) atoms. The van der Waals surface area contributed by atoms with Crippen molar-refractivity contribution in [3.8, 4) is 16.8 Å². The van der Waals surface area contributed by atoms with Crippen molar-refractivity contribution in [2.45, 2.75) is 6.18 Å². The van der Waals surface area contributed by atoms with E-state index in [4.69, 9.17) is 11.6 Å². The van der Waals surface area contributed by atoms with Crippen molar-refractivity contribution in [1.82, 2.24) is 14.8 Å². The van der Waals surface area contributed by atoms with Crippen LogP contribution in [-0.2, 0) is 6.18 Å². The molecule has 0 aliphatic heterocycles. The van der Waals surface area contributed by atoms with E-state index in [1.54, 1.807) is 36.5 Å². The highest BCUT2D eigenvalue weighted by molar-refractivity contribution is 6.31. The van der Waals surface area contributed by atoms with Gasteiger partial charge in [-0.15, -0.1) is 0 Å². The standard InChI is InChI=1S/C19H10ClF3N3/c20-13-5-6-15-17(9-13)24-8-7-18(15)26-11-12(10-25-26)14-3-1-2-4-16(14)19(21,22)23/h1-10H. The Labute approximate surface area is 151 Å². The summed E-state index contributed by atoms with van der Waals surface area (Å²) >= 11 is 5.98. The lowest BCUT2D eigenvalue weighted by atomic mass is 10.0. The van der Waals surface area contributed by atoms with E-state index < -0.39 is 11.7 Å². The maximum absolute atomic E-state index is 13.2. The summed E-state index contributed by atoms with van der Waals surface area (Å²) in [6, 6.07) is 12.3. The van der Waals surface area contributed by atoms with Crippen LogP contribution >= 0.6 is 11.6 Å². The number of aromatic nitrogens is 3. The summed E-state index contributed by atoms with van der Waals surface area (Å²) in [6.07, 6.45) is 1.42. The molecule has 2 aromatic heterocycles. The zero-order valence-electron chi connectivity index (χ0n) is 13.1. The van der Waals surface area contributed by atoms with Gasteiger partial charge in [-0.2, -0.15) is 18.3 Å². The van der Waals surface area contributed by atoms with Crippen LogP contribution in [0.2, 0.25) is 5.02 Å². The number of nitrogens with zero attached hydrogens (tertiary/aromatic N) is 3. The fraction of sp³-hybridized carbons (Fsp3) is 0.0526. The van der Waals surface area contributed by atoms with Gasteiger partial charge in [0.25, 0.3) is 0 Å². The third kappa shape index (κ3) is 2.93. The maximum atomic E-state index is 13.2. The molecule has 2 aromatic carbocycles. The summed E-state index contributed by atoms with van der Waals surface area (Å²) in [5.41, 5.74) is 0.894. The topological polar surface area (TPSA) is 30.7 Å². The molecule has 0 N–H and O–H groups in total. The molecule has 1 radical (unpaired) electrons. The third-order valence-corrected chi connectivity index (χ3v) is 4.20. The third-order valence-electron chi connectivity index (χ3n) is 3.96. The molecule has 0 aliphatic carbocycles. The van der Waals surface area contributed by atoms with E-state index in [1.807, 2.05) is 0 Å². The Kier molecular flexibility index (Phi) is 3.92. The molecular weight excluding hydrogens is 363 g/mol. The van der Waals surface area contributed by atoms with Gasteiger partial charge >= 0.3 is 6.18 Å². The highest BCUT2D eigenvalue weighted by atomic mass is 35.5. The molecule has 2 heterocycles. The molecule has 0 amide bonds. The van der Waals surface area contributed by atoms with E-state index >= 15 is 0 Å². The van der Waals surface area contributed by atoms with Crippen LogP contribution in [0.25, 0.3) is 27.7 Å². The van der Waals surface area contributed by atoms with E-state index in [9.17, 15) is 13.2 Å². The van der Waals surface area contributed by atoms with Crippen molar-refractivity contribution in [2.75, 3.05) is 0 Å². The molecule has 0 saturated heterocycles. The number of hydrogen-bond acceptors (Lipinski definition) is 2. The number of halogens is 4. The fourth-order valence-corrected chi connectivity index (χ4v) is 2.96. The fourth-order valence-electron chi connectivity index (χ4n) is 2.80. The Bertz CT molecular complexity index is 1100. The van der Waals surface area contributed by atoms with Crippen molar-refractivity contribution in [3.63, 3.8) is 0 Å². The highest BCUT2D eigenvalue weighted by Gasteiger charge is 2.33. The molecule has 0 unspecified atom stereocenters. The first-order valence-electron chi connectivity index (χ1n) is 7.62. The van der Waals surface area contributed by atoms with Gasteiger partial charge in [0.1, 0.15) is 6.20 Å². The van der Waals surface area contributed by atoms with Gasteiger partial charge in [0.2, 0.25) is 0 Å². The summed E-state index contributed by atoms with van der Waals surface area (Å²) in [5.74, 6) is 0. The Balaban J connectivity index is 1.84. The Morgan fingerprint density at radius 1 is 1.04 bits per heavy atom. The SMILES string of the molecule is FC(F)(F)c1ccccc1-c1[c]n(-c2ccnc3cc(Cl)ccc23)nc1. The summed E-state index contributed by atoms with van der Waals surface area (Å²) in [7, 11) is 0. The quantitative estimate of drug-likeness (QED) is 0.461. The lowest BCUT2D eigenvalue weighted by Gasteiger charge is -2.10. The second-order valence-corrected chi connectivity index (χ2v) is 6.05. The number of fused-ring (bicyclic) bond motifs is 1. The molecule has 4 aromatic rings. The molecule has 0 spiro atoms. The van der Waals surface area contributed by atoms with E-state index in [2.05, 4.69) is 16.3 Å². The Morgan fingerprint density at radius 3 is 2.65 bits per heavy atom. The van der Waals surface area contributed by atoms with Crippen molar-refractivity contribution < 1.29 is 13.2 Å². The first-order valence-corrected chi connectivity index (χ1v) is 8.00. The van der Waals surface area contributed by atoms with Gasteiger partial charge < -0.3 is 0 Å². The van der Waals surface area contributed by atoms with Gasteiger partial charge in [0, 0.05) is 22.2 Å². The van der Waals surface area contributed by atoms with Gasteiger partial charge in [0.15, 0.2) is 0 Å². The molecule has 0 fully saturated rings. The second-order valence-electron chi connectivity index (χ2n) is 5.62. The van der Waals surface area contributed by atoms with Crippen LogP contribution in [0.4, 0.5) is 13.2 Å². The maximum Gasteiger partial charge on any atom is 0.417 e. The minimum atomic E-state index is -4.45. The summed E-state index contributed by atoms with van der Waals surface area (Å²) in [5, 5.41) is 5.51. The minimum Gasteiger partial charge on any atom is -0.256 e. The van der Waals surface area contributed by atoms with E-state index in [0.29, 0.717) is 16.2 Å². The lowest BCUT2D eigenvalue weighted by molar-refractivity contribution is -0.137. The van der Waals surface area contributed by atoms with Crippen LogP contribution in [-0.4, -0.2) is 14.8 Å². The summed E-state index contributed by atoms with van der Waals surface area (Å²) in [4.78, 5) is 4.25. The van der Waals surface area contributed by atoms with Crippen molar-refractivity contribution in [3.05, 3.63) is 77.7 Å². The first kappa shape index (κ1) is 16.6. The number of pyridine rings is 1. The van der Waals surface area contributed by atoms with Gasteiger partial charge in [-0.05, 0) is 35.9 Å². The van der Waals surface area contributed by atoms with Gasteiger partial charge in [-0.25, -0.2) is 4.68 Å². The smallest absolute Gasteiger partial charge is 0.256 e. The Morgan fingerprint density at radius 2 is 1.85 bits per heavy atom. The van der Waals surface area contributed by atoms with Crippen LogP contribution in [0.5, 0.6) is 0 Å². The molecule has 3 nitrogen and oxygen atoms in total. The molecule has 129 valence electrons. The van der Waals surface area contributed by atoms with E-state index in [-0.39, 0.29) is 11.1 Å². The first-order chi connectivity index (χ1) is 12.4. The number of alkyl halides is 3. The average molecular weight is 373 g/mol. The van der Waals surface area contributed by atoms with Crippen molar-refractivity contribution in [1.29, 1.82) is 0 Å². The zero-order valence-corrected chi connectivity index (χ0v) is 13.9. The monoisotopic (exact) mass is 372 g/mol. The molecule has 4 rings (SSSR count). The van der Waals surface area contributed by atoms with Gasteiger partial charge in [0.05, 0.1) is 23.0 Å². The van der Waals surface area contributed by atoms with Gasteiger partial charge in [-0.1, -0.05) is 29.8 Å². The van der Waals surface area contributed by atoms with Crippen molar-refractivity contribution in [2.24, 2.45) is 0 Å². The van der Waals surface area contributed by atoms with Gasteiger partial charge in [-0.3, -0.25) is 4.98 Å². The van der Waals surface area contributed by atoms with Crippen LogP contribution in [0.3, 0.4) is 0 Å². The van der Waals surface area contributed by atoms with Crippen LogP contribution in [0.1, 0.15) is 5.56 Å². The highest BCUT2D eigenvalue weighted by Crippen LogP contribution is 2.37. The molecule has 0 bridgehead atoms. The predicted octanol–water partition coefficient (Wildman–Crippen LogP) is 5.56. The summed E-state index contributed by atoms with van der Waals surface area (Å²) < 4.78 is 41.2. The lowest BCUT2D eigenvalue weighted by Crippen LogP contribution is -2.06. The summed E-state index contributed by atoms with van der Waals surface area (Å²) in [6.45, 7) is 0. The molecule has 0 atom stereocenters. The van der Waals surface area contributed by atoms with Crippen molar-refractivity contribution >= 4 is 22.5 Å². The van der Waals surface area contributed by atoms with Crippen LogP contribution in [0.15, 0.2) is 60.9 Å². The molecule has 7 heteroatoms. The minimum absolute atomic E-state index is 0.0349. The number of rotatable bonds is 2. The van der Waals surface area contributed by atoms with Crippen LogP contribution in [0, 0.1) is 6.20 Å². The number of benzene rings is 2. The van der Waals surface area contributed by atoms with Crippen LogP contribution < -0.4 is 0 Å².